The number of hydrogen-bond donors (Lipinski definition) is 1. The van der Waals surface area contributed by atoms with Gasteiger partial charge in [0.1, 0.15) is 0 Å². The van der Waals surface area contributed by atoms with E-state index in [2.05, 4.69) is 29.6 Å². The van der Waals surface area contributed by atoms with E-state index >= 15 is 0 Å². The molecule has 2 nitrogen and oxygen atoms in total. The molecule has 1 saturated heterocycles. The minimum atomic E-state index is 0.175. The van der Waals surface area contributed by atoms with Crippen LogP contribution in [0.15, 0.2) is 24.3 Å². The molecule has 1 aliphatic carbocycles. The number of ether oxygens (including phenoxy) is 1. The molecule has 3 unspecified atom stereocenters. The molecule has 1 N–H and O–H groups in total. The van der Waals surface area contributed by atoms with Crippen LogP contribution in [-0.2, 0) is 11.2 Å². The number of alkyl halides is 1. The molecule has 2 aliphatic rings. The minimum Gasteiger partial charge on any atom is -0.377 e. The second-order valence-corrected chi connectivity index (χ2v) is 5.50. The van der Waals surface area contributed by atoms with Gasteiger partial charge in [0.2, 0.25) is 0 Å². The van der Waals surface area contributed by atoms with Gasteiger partial charge < -0.3 is 10.1 Å². The van der Waals surface area contributed by atoms with E-state index in [0.29, 0.717) is 6.10 Å². The van der Waals surface area contributed by atoms with Crippen molar-refractivity contribution in [3.05, 3.63) is 35.4 Å². The second-order valence-electron chi connectivity index (χ2n) is 4.94. The van der Waals surface area contributed by atoms with Crippen LogP contribution in [0.4, 0.5) is 0 Å². The van der Waals surface area contributed by atoms with E-state index in [0.717, 1.165) is 19.6 Å². The molecule has 0 aromatic heterocycles. The predicted molar refractivity (Wildman–Crippen MR) is 69.5 cm³/mol. The quantitative estimate of drug-likeness (QED) is 0.834. The summed E-state index contributed by atoms with van der Waals surface area (Å²) in [5, 5.41) is 3.75. The van der Waals surface area contributed by atoms with E-state index < -0.39 is 0 Å². The van der Waals surface area contributed by atoms with Crippen molar-refractivity contribution in [2.45, 2.75) is 36.8 Å². The lowest BCUT2D eigenvalue weighted by Gasteiger charge is -2.19. The molecule has 3 atom stereocenters. The summed E-state index contributed by atoms with van der Waals surface area (Å²) in [6.45, 7) is 1.83. The summed E-state index contributed by atoms with van der Waals surface area (Å²) in [5.74, 6) is 0. The first kappa shape index (κ1) is 11.5. The van der Waals surface area contributed by atoms with Crippen LogP contribution in [0.5, 0.6) is 0 Å². The molecule has 0 amide bonds. The molecule has 1 aromatic rings. The molecule has 3 heteroatoms. The van der Waals surface area contributed by atoms with Crippen molar-refractivity contribution in [1.29, 1.82) is 0 Å². The SMILES string of the molecule is ClC1Cc2ccccc2C1NCC1CCCO1. The first-order valence-electron chi connectivity index (χ1n) is 6.41. The third kappa shape index (κ3) is 2.35. The summed E-state index contributed by atoms with van der Waals surface area (Å²) < 4.78 is 5.63. The Kier molecular flexibility index (Phi) is 3.37. The zero-order valence-electron chi connectivity index (χ0n) is 9.86. The van der Waals surface area contributed by atoms with E-state index in [-0.39, 0.29) is 11.4 Å². The summed E-state index contributed by atoms with van der Waals surface area (Å²) in [6, 6.07) is 8.83. The van der Waals surface area contributed by atoms with Crippen LogP contribution in [-0.4, -0.2) is 24.6 Å². The Morgan fingerprint density at radius 3 is 3.06 bits per heavy atom. The molecule has 1 aromatic carbocycles. The zero-order valence-corrected chi connectivity index (χ0v) is 10.6. The maximum Gasteiger partial charge on any atom is 0.0700 e. The molecule has 3 rings (SSSR count). The second kappa shape index (κ2) is 4.97. The maximum atomic E-state index is 6.43. The fourth-order valence-electron chi connectivity index (χ4n) is 2.85. The summed E-state index contributed by atoms with van der Waals surface area (Å²) in [7, 11) is 0. The molecule has 0 radical (unpaired) electrons. The van der Waals surface area contributed by atoms with Gasteiger partial charge in [0, 0.05) is 19.2 Å². The molecule has 1 heterocycles. The van der Waals surface area contributed by atoms with Crippen LogP contribution < -0.4 is 5.32 Å². The van der Waals surface area contributed by atoms with Gasteiger partial charge in [-0.2, -0.15) is 0 Å². The van der Waals surface area contributed by atoms with E-state index in [4.69, 9.17) is 16.3 Å². The molecule has 1 aliphatic heterocycles. The van der Waals surface area contributed by atoms with Crippen LogP contribution in [0.25, 0.3) is 0 Å². The van der Waals surface area contributed by atoms with Crippen LogP contribution in [0.3, 0.4) is 0 Å². The minimum absolute atomic E-state index is 0.175. The smallest absolute Gasteiger partial charge is 0.0700 e. The average Bonchev–Trinajstić information content (AvgIpc) is 2.93. The highest BCUT2D eigenvalue weighted by Crippen LogP contribution is 2.34. The van der Waals surface area contributed by atoms with Gasteiger partial charge in [-0.15, -0.1) is 11.6 Å². The Bertz CT molecular complexity index is 390. The van der Waals surface area contributed by atoms with Crippen LogP contribution >= 0.6 is 11.6 Å². The van der Waals surface area contributed by atoms with Gasteiger partial charge in [0.25, 0.3) is 0 Å². The molecule has 17 heavy (non-hydrogen) atoms. The highest BCUT2D eigenvalue weighted by Gasteiger charge is 2.31. The fraction of sp³-hybridized carbons (Fsp3) is 0.571. The summed E-state index contributed by atoms with van der Waals surface area (Å²) in [5.41, 5.74) is 2.75. The van der Waals surface area contributed by atoms with Gasteiger partial charge in [0.15, 0.2) is 0 Å². The van der Waals surface area contributed by atoms with Gasteiger partial charge in [-0.1, -0.05) is 24.3 Å². The molecule has 0 spiro atoms. The maximum absolute atomic E-state index is 6.43. The van der Waals surface area contributed by atoms with Crippen molar-refractivity contribution >= 4 is 11.6 Å². The Hall–Kier alpha value is -0.570. The zero-order chi connectivity index (χ0) is 11.7. The molecular formula is C14H18ClNO. The first-order chi connectivity index (χ1) is 8.34. The van der Waals surface area contributed by atoms with Crippen molar-refractivity contribution in [2.75, 3.05) is 13.2 Å². The van der Waals surface area contributed by atoms with E-state index in [1.54, 1.807) is 0 Å². The Balaban J connectivity index is 1.66. The predicted octanol–water partition coefficient (Wildman–Crippen LogP) is 2.66. The van der Waals surface area contributed by atoms with Gasteiger partial charge in [-0.05, 0) is 30.4 Å². The average molecular weight is 252 g/mol. The normalized spacial score (nSPS) is 31.7. The van der Waals surface area contributed by atoms with Gasteiger partial charge in [-0.25, -0.2) is 0 Å². The van der Waals surface area contributed by atoms with Crippen LogP contribution in [0, 0.1) is 0 Å². The van der Waals surface area contributed by atoms with Crippen molar-refractivity contribution in [2.24, 2.45) is 0 Å². The number of nitrogens with one attached hydrogen (secondary N) is 1. The Morgan fingerprint density at radius 1 is 1.35 bits per heavy atom. The third-order valence-electron chi connectivity index (χ3n) is 3.76. The van der Waals surface area contributed by atoms with Crippen molar-refractivity contribution in [1.82, 2.24) is 5.32 Å². The van der Waals surface area contributed by atoms with E-state index in [1.807, 2.05) is 0 Å². The van der Waals surface area contributed by atoms with Crippen LogP contribution in [0.2, 0.25) is 0 Å². The Morgan fingerprint density at radius 2 is 2.24 bits per heavy atom. The number of benzene rings is 1. The molecule has 0 bridgehead atoms. The lowest BCUT2D eigenvalue weighted by molar-refractivity contribution is 0.107. The van der Waals surface area contributed by atoms with Gasteiger partial charge in [0.05, 0.1) is 11.5 Å². The van der Waals surface area contributed by atoms with Crippen molar-refractivity contribution in [3.63, 3.8) is 0 Å². The highest BCUT2D eigenvalue weighted by molar-refractivity contribution is 6.21. The Labute approximate surface area is 107 Å². The lowest BCUT2D eigenvalue weighted by atomic mass is 10.1. The number of hydrogen-bond acceptors (Lipinski definition) is 2. The monoisotopic (exact) mass is 251 g/mol. The lowest BCUT2D eigenvalue weighted by Crippen LogP contribution is -2.32. The summed E-state index contributed by atoms with van der Waals surface area (Å²) >= 11 is 6.43. The summed E-state index contributed by atoms with van der Waals surface area (Å²) in [4.78, 5) is 0. The standard InChI is InChI=1S/C14H18ClNO/c15-13-8-10-4-1-2-6-12(10)14(13)16-9-11-5-3-7-17-11/h1-2,4,6,11,13-14,16H,3,5,7-9H2. The molecule has 92 valence electrons. The number of fused-ring (bicyclic) bond motifs is 1. The van der Waals surface area contributed by atoms with Gasteiger partial charge in [-0.3, -0.25) is 0 Å². The fourth-order valence-corrected chi connectivity index (χ4v) is 3.24. The first-order valence-corrected chi connectivity index (χ1v) is 6.85. The molecule has 0 saturated carbocycles. The van der Waals surface area contributed by atoms with Crippen molar-refractivity contribution in [3.8, 4) is 0 Å². The van der Waals surface area contributed by atoms with Crippen molar-refractivity contribution < 1.29 is 4.74 Å². The topological polar surface area (TPSA) is 21.3 Å². The number of halogens is 1. The highest BCUT2D eigenvalue weighted by atomic mass is 35.5. The van der Waals surface area contributed by atoms with Gasteiger partial charge >= 0.3 is 0 Å². The van der Waals surface area contributed by atoms with E-state index in [9.17, 15) is 0 Å². The summed E-state index contributed by atoms with van der Waals surface area (Å²) in [6.07, 6.45) is 3.72. The van der Waals surface area contributed by atoms with Crippen LogP contribution in [0.1, 0.15) is 30.0 Å². The third-order valence-corrected chi connectivity index (χ3v) is 4.16. The largest absolute Gasteiger partial charge is 0.377 e. The van der Waals surface area contributed by atoms with E-state index in [1.165, 1.54) is 24.0 Å². The molecular weight excluding hydrogens is 234 g/mol. The molecule has 1 fully saturated rings. The number of rotatable bonds is 3.